The van der Waals surface area contributed by atoms with E-state index in [-0.39, 0.29) is 11.4 Å². The SMILES string of the molecule is CC(=O)OC[C@H]1CC(=C(C)C)C1(C)C. The highest BCUT2D eigenvalue weighted by Crippen LogP contribution is 2.52. The summed E-state index contributed by atoms with van der Waals surface area (Å²) in [5, 5.41) is 0. The molecule has 0 aliphatic heterocycles. The summed E-state index contributed by atoms with van der Waals surface area (Å²) in [6, 6.07) is 0. The van der Waals surface area contributed by atoms with Crippen LogP contribution in [-0.2, 0) is 9.53 Å². The Bertz CT molecular complexity index is 270. The van der Waals surface area contributed by atoms with Gasteiger partial charge in [-0.05, 0) is 25.7 Å². The Morgan fingerprint density at radius 3 is 2.36 bits per heavy atom. The third-order valence-corrected chi connectivity index (χ3v) is 3.34. The van der Waals surface area contributed by atoms with Crippen LogP contribution >= 0.6 is 0 Å². The van der Waals surface area contributed by atoms with Gasteiger partial charge in [0.05, 0.1) is 6.61 Å². The lowest BCUT2D eigenvalue weighted by molar-refractivity contribution is -0.144. The zero-order chi connectivity index (χ0) is 10.9. The summed E-state index contributed by atoms with van der Waals surface area (Å²) < 4.78 is 5.05. The largest absolute Gasteiger partial charge is 0.466 e. The van der Waals surface area contributed by atoms with Crippen LogP contribution in [0.4, 0.5) is 0 Å². The van der Waals surface area contributed by atoms with Crippen LogP contribution in [0.15, 0.2) is 11.1 Å². The molecule has 2 heteroatoms. The molecule has 0 aromatic rings. The fourth-order valence-corrected chi connectivity index (χ4v) is 2.21. The molecule has 0 saturated heterocycles. The smallest absolute Gasteiger partial charge is 0.302 e. The fraction of sp³-hybridized carbons (Fsp3) is 0.750. The molecule has 0 aromatic heterocycles. The minimum absolute atomic E-state index is 0.175. The van der Waals surface area contributed by atoms with E-state index in [1.165, 1.54) is 18.1 Å². The molecule has 1 fully saturated rings. The van der Waals surface area contributed by atoms with Crippen LogP contribution in [-0.4, -0.2) is 12.6 Å². The van der Waals surface area contributed by atoms with Crippen molar-refractivity contribution in [2.45, 2.75) is 41.0 Å². The minimum Gasteiger partial charge on any atom is -0.466 e. The Kier molecular flexibility index (Phi) is 3.03. The van der Waals surface area contributed by atoms with Gasteiger partial charge in [-0.25, -0.2) is 0 Å². The fourth-order valence-electron chi connectivity index (χ4n) is 2.21. The van der Waals surface area contributed by atoms with Gasteiger partial charge in [-0.2, -0.15) is 0 Å². The van der Waals surface area contributed by atoms with Crippen molar-refractivity contribution in [3.05, 3.63) is 11.1 Å². The number of ether oxygens (including phenoxy) is 1. The topological polar surface area (TPSA) is 26.3 Å². The number of esters is 1. The van der Waals surface area contributed by atoms with Crippen LogP contribution in [0.25, 0.3) is 0 Å². The van der Waals surface area contributed by atoms with Gasteiger partial charge in [-0.15, -0.1) is 0 Å². The number of allylic oxidation sites excluding steroid dienone is 2. The third-order valence-electron chi connectivity index (χ3n) is 3.34. The molecule has 0 heterocycles. The van der Waals surface area contributed by atoms with Gasteiger partial charge in [0, 0.05) is 12.8 Å². The molecule has 1 rings (SSSR count). The zero-order valence-corrected chi connectivity index (χ0v) is 9.81. The summed E-state index contributed by atoms with van der Waals surface area (Å²) in [5.74, 6) is 0.322. The molecule has 1 aliphatic carbocycles. The molecular formula is C12H20O2. The van der Waals surface area contributed by atoms with Gasteiger partial charge in [0.2, 0.25) is 0 Å². The molecule has 0 N–H and O–H groups in total. The summed E-state index contributed by atoms with van der Waals surface area (Å²) >= 11 is 0. The Labute approximate surface area is 86.3 Å². The van der Waals surface area contributed by atoms with Gasteiger partial charge in [-0.1, -0.05) is 25.0 Å². The zero-order valence-electron chi connectivity index (χ0n) is 9.81. The first-order valence-electron chi connectivity index (χ1n) is 5.16. The first-order chi connectivity index (χ1) is 6.35. The second-order valence-electron chi connectivity index (χ2n) is 4.90. The predicted molar refractivity (Wildman–Crippen MR) is 56.9 cm³/mol. The van der Waals surface area contributed by atoms with Gasteiger partial charge in [0.1, 0.15) is 0 Å². The molecule has 1 saturated carbocycles. The Morgan fingerprint density at radius 2 is 2.00 bits per heavy atom. The second-order valence-corrected chi connectivity index (χ2v) is 4.90. The summed E-state index contributed by atoms with van der Waals surface area (Å²) in [7, 11) is 0. The van der Waals surface area contributed by atoms with E-state index in [1.807, 2.05) is 0 Å². The molecule has 1 aliphatic rings. The number of carbonyl (C=O) groups excluding carboxylic acids is 1. The highest BCUT2D eigenvalue weighted by atomic mass is 16.5. The van der Waals surface area contributed by atoms with E-state index >= 15 is 0 Å². The highest BCUT2D eigenvalue weighted by molar-refractivity contribution is 5.65. The van der Waals surface area contributed by atoms with E-state index in [0.717, 1.165) is 6.42 Å². The maximum atomic E-state index is 10.7. The predicted octanol–water partition coefficient (Wildman–Crippen LogP) is 2.93. The van der Waals surface area contributed by atoms with Crippen molar-refractivity contribution in [1.82, 2.24) is 0 Å². The van der Waals surface area contributed by atoms with Crippen molar-refractivity contribution < 1.29 is 9.53 Å². The maximum absolute atomic E-state index is 10.7. The molecule has 0 unspecified atom stereocenters. The average molecular weight is 196 g/mol. The van der Waals surface area contributed by atoms with Crippen molar-refractivity contribution in [1.29, 1.82) is 0 Å². The quantitative estimate of drug-likeness (QED) is 0.501. The molecule has 0 aromatic carbocycles. The normalized spacial score (nSPS) is 24.1. The van der Waals surface area contributed by atoms with Crippen LogP contribution in [0.2, 0.25) is 0 Å². The van der Waals surface area contributed by atoms with E-state index in [4.69, 9.17) is 4.74 Å². The summed E-state index contributed by atoms with van der Waals surface area (Å²) in [4.78, 5) is 10.7. The number of hydrogen-bond donors (Lipinski definition) is 0. The first kappa shape index (κ1) is 11.3. The first-order valence-corrected chi connectivity index (χ1v) is 5.16. The van der Waals surface area contributed by atoms with Gasteiger partial charge in [0.25, 0.3) is 0 Å². The summed E-state index contributed by atoms with van der Waals surface area (Å²) in [6.45, 7) is 10.8. The van der Waals surface area contributed by atoms with E-state index in [0.29, 0.717) is 12.5 Å². The molecular weight excluding hydrogens is 176 g/mol. The average Bonchev–Trinajstić information content (AvgIpc) is 2.00. The minimum atomic E-state index is -0.175. The Balaban J connectivity index is 2.55. The molecule has 1 atom stereocenters. The lowest BCUT2D eigenvalue weighted by Crippen LogP contribution is -2.41. The van der Waals surface area contributed by atoms with Gasteiger partial charge in [-0.3, -0.25) is 4.79 Å². The lowest BCUT2D eigenvalue weighted by Gasteiger charge is -2.48. The van der Waals surface area contributed by atoms with Gasteiger partial charge >= 0.3 is 5.97 Å². The van der Waals surface area contributed by atoms with E-state index in [2.05, 4.69) is 27.7 Å². The van der Waals surface area contributed by atoms with Crippen molar-refractivity contribution in [3.8, 4) is 0 Å². The summed E-state index contributed by atoms with van der Waals surface area (Å²) in [5.41, 5.74) is 3.15. The maximum Gasteiger partial charge on any atom is 0.302 e. The van der Waals surface area contributed by atoms with Gasteiger partial charge < -0.3 is 4.74 Å². The molecule has 0 spiro atoms. The van der Waals surface area contributed by atoms with Crippen molar-refractivity contribution in [2.75, 3.05) is 6.61 Å². The van der Waals surface area contributed by atoms with Crippen LogP contribution < -0.4 is 0 Å². The molecule has 0 amide bonds. The van der Waals surface area contributed by atoms with Crippen LogP contribution in [0.3, 0.4) is 0 Å². The summed E-state index contributed by atoms with van der Waals surface area (Å²) in [6.07, 6.45) is 1.09. The standard InChI is InChI=1S/C12H20O2/c1-8(2)11-6-10(12(11,4)5)7-14-9(3)13/h10H,6-7H2,1-5H3/t10-/m1/s1. The van der Waals surface area contributed by atoms with Gasteiger partial charge in [0.15, 0.2) is 0 Å². The monoisotopic (exact) mass is 196 g/mol. The van der Waals surface area contributed by atoms with Crippen molar-refractivity contribution in [2.24, 2.45) is 11.3 Å². The lowest BCUT2D eigenvalue weighted by atomic mass is 9.58. The van der Waals surface area contributed by atoms with Crippen LogP contribution in [0.1, 0.15) is 41.0 Å². The second kappa shape index (κ2) is 3.76. The van der Waals surface area contributed by atoms with Crippen molar-refractivity contribution >= 4 is 5.97 Å². The van der Waals surface area contributed by atoms with Crippen molar-refractivity contribution in [3.63, 3.8) is 0 Å². The van der Waals surface area contributed by atoms with E-state index < -0.39 is 0 Å². The number of rotatable bonds is 2. The van der Waals surface area contributed by atoms with Crippen LogP contribution in [0, 0.1) is 11.3 Å². The number of hydrogen-bond acceptors (Lipinski definition) is 2. The molecule has 80 valence electrons. The van der Waals surface area contributed by atoms with E-state index in [1.54, 1.807) is 0 Å². The number of carbonyl (C=O) groups is 1. The third kappa shape index (κ3) is 1.99. The molecule has 0 bridgehead atoms. The molecule has 2 nitrogen and oxygen atoms in total. The Hall–Kier alpha value is -0.790. The Morgan fingerprint density at radius 1 is 1.43 bits per heavy atom. The van der Waals surface area contributed by atoms with E-state index in [9.17, 15) is 4.79 Å². The molecule has 0 radical (unpaired) electrons. The molecule has 14 heavy (non-hydrogen) atoms. The van der Waals surface area contributed by atoms with Crippen LogP contribution in [0.5, 0.6) is 0 Å². The highest BCUT2D eigenvalue weighted by Gasteiger charge is 2.44.